The topological polar surface area (TPSA) is 134 Å². The molecule has 0 heterocycles. The van der Waals surface area contributed by atoms with Crippen LogP contribution in [0.15, 0.2) is 54.6 Å². The first kappa shape index (κ1) is 16.9. The van der Waals surface area contributed by atoms with E-state index in [4.69, 9.17) is 0 Å². The van der Waals surface area contributed by atoms with E-state index in [1.54, 1.807) is 30.3 Å². The van der Waals surface area contributed by atoms with E-state index in [9.17, 15) is 24.8 Å². The van der Waals surface area contributed by atoms with Gasteiger partial charge in [-0.25, -0.2) is 10.2 Å². The van der Waals surface area contributed by atoms with Crippen LogP contribution in [0.25, 0.3) is 0 Å². The molecule has 2 rings (SSSR count). The molecule has 0 radical (unpaired) electrons. The average Bonchev–Trinajstić information content (AvgIpc) is 2.60. The van der Waals surface area contributed by atoms with Gasteiger partial charge in [0.15, 0.2) is 6.10 Å². The van der Waals surface area contributed by atoms with Gasteiger partial charge < -0.3 is 10.4 Å². The Balaban J connectivity index is 1.84. The molecule has 0 saturated heterocycles. The number of aliphatic hydroxyl groups is 1. The summed E-state index contributed by atoms with van der Waals surface area (Å²) < 4.78 is 0. The Bertz CT molecular complexity index is 733. The van der Waals surface area contributed by atoms with Gasteiger partial charge in [0.2, 0.25) is 0 Å². The van der Waals surface area contributed by atoms with Crippen molar-refractivity contribution in [2.45, 2.75) is 6.10 Å². The maximum absolute atomic E-state index is 11.7. The number of hydrogen-bond acceptors (Lipinski definition) is 5. The number of nitro benzene ring substituents is 1. The number of hydrogen-bond donors (Lipinski definition) is 4. The van der Waals surface area contributed by atoms with Crippen LogP contribution in [0.3, 0.4) is 0 Å². The molecule has 0 bridgehead atoms. The summed E-state index contributed by atoms with van der Waals surface area (Å²) in [5, 5.41) is 22.7. The fourth-order valence-corrected chi connectivity index (χ4v) is 1.80. The number of nitrogens with one attached hydrogen (secondary N) is 3. The summed E-state index contributed by atoms with van der Waals surface area (Å²) in [6, 6.07) is 12.6. The van der Waals surface area contributed by atoms with Crippen LogP contribution >= 0.6 is 0 Å². The first-order chi connectivity index (χ1) is 11.5. The Kier molecular flexibility index (Phi) is 5.42. The van der Waals surface area contributed by atoms with Crippen molar-refractivity contribution < 1.29 is 19.6 Å². The molecule has 0 aromatic heterocycles. The average molecular weight is 330 g/mol. The van der Waals surface area contributed by atoms with E-state index in [-0.39, 0.29) is 5.69 Å². The fraction of sp³-hybridized carbons (Fsp3) is 0.0667. The maximum atomic E-state index is 11.7. The molecule has 0 aliphatic heterocycles. The Morgan fingerprint density at radius 1 is 1.00 bits per heavy atom. The summed E-state index contributed by atoms with van der Waals surface area (Å²) in [5.74, 6) is -0.806. The van der Waals surface area contributed by atoms with Crippen molar-refractivity contribution in [3.05, 3.63) is 70.3 Å². The molecular formula is C15H14N4O5. The molecule has 0 unspecified atom stereocenters. The number of nitrogens with zero attached hydrogens (tertiary/aromatic N) is 1. The van der Waals surface area contributed by atoms with E-state index in [0.29, 0.717) is 11.3 Å². The normalized spacial score (nSPS) is 11.2. The zero-order chi connectivity index (χ0) is 17.5. The summed E-state index contributed by atoms with van der Waals surface area (Å²) in [7, 11) is 0. The largest absolute Gasteiger partial charge is 0.378 e. The van der Waals surface area contributed by atoms with Crippen LogP contribution in [-0.2, 0) is 4.79 Å². The Morgan fingerprint density at radius 2 is 1.62 bits per heavy atom. The highest BCUT2D eigenvalue weighted by Gasteiger charge is 2.17. The predicted octanol–water partition coefficient (Wildman–Crippen LogP) is 1.48. The van der Waals surface area contributed by atoms with Crippen LogP contribution in [0.4, 0.5) is 16.2 Å². The van der Waals surface area contributed by atoms with E-state index in [1.807, 2.05) is 0 Å². The monoisotopic (exact) mass is 330 g/mol. The number of urea groups is 1. The van der Waals surface area contributed by atoms with Gasteiger partial charge in [0.25, 0.3) is 11.6 Å². The molecule has 9 nitrogen and oxygen atoms in total. The third-order valence-corrected chi connectivity index (χ3v) is 3.00. The molecule has 9 heteroatoms. The second kappa shape index (κ2) is 7.70. The molecule has 0 spiro atoms. The van der Waals surface area contributed by atoms with Crippen molar-refractivity contribution in [1.82, 2.24) is 10.9 Å². The number of benzene rings is 2. The Hall–Kier alpha value is -3.46. The fourth-order valence-electron chi connectivity index (χ4n) is 1.80. The number of aliphatic hydroxyl groups excluding tert-OH is 1. The van der Waals surface area contributed by atoms with Crippen molar-refractivity contribution in [1.29, 1.82) is 0 Å². The zero-order valence-corrected chi connectivity index (χ0v) is 12.3. The van der Waals surface area contributed by atoms with Gasteiger partial charge in [-0.15, -0.1) is 0 Å². The SMILES string of the molecule is O=C(NNC(=O)[C@H](O)c1ccccc1)Nc1ccc([N+](=O)[O-])cc1. The number of amides is 3. The van der Waals surface area contributed by atoms with Gasteiger partial charge in [-0.3, -0.25) is 20.3 Å². The molecule has 2 aromatic carbocycles. The van der Waals surface area contributed by atoms with Crippen molar-refractivity contribution in [2.75, 3.05) is 5.32 Å². The van der Waals surface area contributed by atoms with Crippen LogP contribution in [0.5, 0.6) is 0 Å². The molecule has 3 amide bonds. The Labute approximate surface area is 136 Å². The molecule has 2 aromatic rings. The van der Waals surface area contributed by atoms with Gasteiger partial charge in [-0.1, -0.05) is 30.3 Å². The van der Waals surface area contributed by atoms with E-state index < -0.39 is 23.0 Å². The molecule has 4 N–H and O–H groups in total. The lowest BCUT2D eigenvalue weighted by Crippen LogP contribution is -2.45. The molecule has 0 fully saturated rings. The van der Waals surface area contributed by atoms with Gasteiger partial charge in [0.1, 0.15) is 0 Å². The first-order valence-corrected chi connectivity index (χ1v) is 6.81. The lowest BCUT2D eigenvalue weighted by molar-refractivity contribution is -0.384. The molecule has 0 aliphatic carbocycles. The van der Waals surface area contributed by atoms with Gasteiger partial charge >= 0.3 is 6.03 Å². The molecular weight excluding hydrogens is 316 g/mol. The number of nitro groups is 1. The standard InChI is InChI=1S/C15H14N4O5/c20-13(10-4-2-1-3-5-10)14(21)17-18-15(22)16-11-6-8-12(9-7-11)19(23)24/h1-9,13,20H,(H,17,21)(H2,16,18,22)/t13-/m1/s1. The number of hydrazine groups is 1. The third kappa shape index (κ3) is 4.52. The number of carbonyl (C=O) groups is 2. The zero-order valence-electron chi connectivity index (χ0n) is 12.3. The van der Waals surface area contributed by atoms with Crippen LogP contribution in [0.2, 0.25) is 0 Å². The number of non-ortho nitro benzene ring substituents is 1. The lowest BCUT2D eigenvalue weighted by atomic mass is 10.1. The number of carbonyl (C=O) groups excluding carboxylic acids is 2. The van der Waals surface area contributed by atoms with E-state index >= 15 is 0 Å². The minimum atomic E-state index is -1.43. The quantitative estimate of drug-likeness (QED) is 0.498. The van der Waals surface area contributed by atoms with Gasteiger partial charge in [-0.05, 0) is 17.7 Å². The summed E-state index contributed by atoms with van der Waals surface area (Å²) in [4.78, 5) is 33.4. The smallest absolute Gasteiger partial charge is 0.337 e. The molecule has 0 saturated carbocycles. The predicted molar refractivity (Wildman–Crippen MR) is 84.8 cm³/mol. The van der Waals surface area contributed by atoms with E-state index in [2.05, 4.69) is 16.2 Å². The Morgan fingerprint density at radius 3 is 2.21 bits per heavy atom. The van der Waals surface area contributed by atoms with Crippen molar-refractivity contribution >= 4 is 23.3 Å². The van der Waals surface area contributed by atoms with Crippen molar-refractivity contribution in [3.8, 4) is 0 Å². The van der Waals surface area contributed by atoms with Gasteiger partial charge in [0.05, 0.1) is 4.92 Å². The highest BCUT2D eigenvalue weighted by atomic mass is 16.6. The van der Waals surface area contributed by atoms with E-state index in [1.165, 1.54) is 24.3 Å². The third-order valence-electron chi connectivity index (χ3n) is 3.00. The van der Waals surface area contributed by atoms with Crippen LogP contribution < -0.4 is 16.2 Å². The molecule has 24 heavy (non-hydrogen) atoms. The second-order valence-electron chi connectivity index (χ2n) is 4.69. The lowest BCUT2D eigenvalue weighted by Gasteiger charge is -2.13. The first-order valence-electron chi connectivity index (χ1n) is 6.81. The summed E-state index contributed by atoms with van der Waals surface area (Å²) in [6.07, 6.45) is -1.43. The molecule has 124 valence electrons. The second-order valence-corrected chi connectivity index (χ2v) is 4.69. The minimum absolute atomic E-state index is 0.111. The van der Waals surface area contributed by atoms with Gasteiger partial charge in [-0.2, -0.15) is 0 Å². The van der Waals surface area contributed by atoms with E-state index in [0.717, 1.165) is 0 Å². The van der Waals surface area contributed by atoms with Crippen molar-refractivity contribution in [2.24, 2.45) is 0 Å². The van der Waals surface area contributed by atoms with Gasteiger partial charge in [0, 0.05) is 17.8 Å². The maximum Gasteiger partial charge on any atom is 0.337 e. The highest BCUT2D eigenvalue weighted by Crippen LogP contribution is 2.15. The number of anilines is 1. The van der Waals surface area contributed by atoms with Crippen LogP contribution in [0, 0.1) is 10.1 Å². The highest BCUT2D eigenvalue weighted by molar-refractivity contribution is 5.91. The van der Waals surface area contributed by atoms with Crippen LogP contribution in [-0.4, -0.2) is 22.0 Å². The van der Waals surface area contributed by atoms with Crippen LogP contribution in [0.1, 0.15) is 11.7 Å². The molecule has 0 aliphatic rings. The summed E-state index contributed by atoms with van der Waals surface area (Å²) in [5.41, 5.74) is 4.72. The minimum Gasteiger partial charge on any atom is -0.378 e. The van der Waals surface area contributed by atoms with Crippen molar-refractivity contribution in [3.63, 3.8) is 0 Å². The number of rotatable bonds is 4. The summed E-state index contributed by atoms with van der Waals surface area (Å²) >= 11 is 0. The summed E-state index contributed by atoms with van der Waals surface area (Å²) in [6.45, 7) is 0. The molecule has 1 atom stereocenters.